The van der Waals surface area contributed by atoms with Gasteiger partial charge in [-0.2, -0.15) is 0 Å². The number of amides is 1. The summed E-state index contributed by atoms with van der Waals surface area (Å²) in [5.41, 5.74) is 1.94. The van der Waals surface area contributed by atoms with Gasteiger partial charge in [-0.15, -0.1) is 0 Å². The highest BCUT2D eigenvalue weighted by Crippen LogP contribution is 2.38. The first kappa shape index (κ1) is 18.8. The Morgan fingerprint density at radius 3 is 2.87 bits per heavy atom. The first-order valence-corrected chi connectivity index (χ1v) is 10.4. The molecule has 156 valence electrons. The molecule has 5 rings (SSSR count). The topological polar surface area (TPSA) is 104 Å². The van der Waals surface area contributed by atoms with E-state index in [9.17, 15) is 14.9 Å². The molecular formula is C21H24N6O3. The molecule has 0 spiro atoms. The zero-order chi connectivity index (χ0) is 20.7. The molecule has 1 saturated heterocycles. The summed E-state index contributed by atoms with van der Waals surface area (Å²) in [6, 6.07) is 4.99. The molecule has 0 unspecified atom stereocenters. The molecule has 1 aliphatic carbocycles. The van der Waals surface area contributed by atoms with Crippen molar-refractivity contribution in [1.82, 2.24) is 15.3 Å². The lowest BCUT2D eigenvalue weighted by molar-refractivity contribution is -0.384. The van der Waals surface area contributed by atoms with Crippen LogP contribution in [0, 0.1) is 22.0 Å². The van der Waals surface area contributed by atoms with E-state index in [1.807, 2.05) is 6.07 Å². The Morgan fingerprint density at radius 1 is 1.27 bits per heavy atom. The van der Waals surface area contributed by atoms with Gasteiger partial charge in [-0.3, -0.25) is 19.9 Å². The smallest absolute Gasteiger partial charge is 0.269 e. The Kier molecular flexibility index (Phi) is 4.72. The Hall–Kier alpha value is -3.23. The number of nitrogens with zero attached hydrogens (tertiary/aromatic N) is 5. The van der Waals surface area contributed by atoms with Gasteiger partial charge in [0.1, 0.15) is 5.82 Å². The van der Waals surface area contributed by atoms with Crippen LogP contribution in [0.2, 0.25) is 0 Å². The van der Waals surface area contributed by atoms with Gasteiger partial charge in [-0.25, -0.2) is 4.98 Å². The molecule has 0 bridgehead atoms. The first-order valence-electron chi connectivity index (χ1n) is 10.4. The van der Waals surface area contributed by atoms with Gasteiger partial charge in [0.15, 0.2) is 0 Å². The number of non-ortho nitro benzene ring substituents is 1. The van der Waals surface area contributed by atoms with Crippen LogP contribution in [0.1, 0.15) is 18.4 Å². The quantitative estimate of drug-likeness (QED) is 0.594. The summed E-state index contributed by atoms with van der Waals surface area (Å²) in [4.78, 5) is 37.0. The molecule has 3 heterocycles. The third-order valence-electron chi connectivity index (χ3n) is 6.38. The molecule has 3 aliphatic rings. The maximum Gasteiger partial charge on any atom is 0.269 e. The maximum atomic E-state index is 13.1. The third kappa shape index (κ3) is 3.55. The summed E-state index contributed by atoms with van der Waals surface area (Å²) in [5, 5.41) is 14.4. The fourth-order valence-electron chi connectivity index (χ4n) is 4.58. The van der Waals surface area contributed by atoms with E-state index in [1.165, 1.54) is 12.8 Å². The van der Waals surface area contributed by atoms with Crippen LogP contribution < -0.4 is 15.1 Å². The van der Waals surface area contributed by atoms with Crippen LogP contribution in [-0.4, -0.2) is 53.0 Å². The number of nitro groups is 1. The first-order chi connectivity index (χ1) is 14.6. The third-order valence-corrected chi connectivity index (χ3v) is 6.38. The monoisotopic (exact) mass is 408 g/mol. The van der Waals surface area contributed by atoms with E-state index in [0.29, 0.717) is 18.9 Å². The van der Waals surface area contributed by atoms with Crippen molar-refractivity contribution in [2.45, 2.75) is 25.3 Å². The van der Waals surface area contributed by atoms with E-state index in [0.717, 1.165) is 36.7 Å². The lowest BCUT2D eigenvalue weighted by Crippen LogP contribution is -2.61. The molecule has 2 atom stereocenters. The molecule has 1 aromatic carbocycles. The largest absolute Gasteiger partial charge is 0.364 e. The number of carbonyl (C=O) groups is 1. The molecule has 2 fully saturated rings. The number of nitrogens with one attached hydrogen (secondary N) is 1. The van der Waals surface area contributed by atoms with Gasteiger partial charge in [-0.05, 0) is 36.8 Å². The van der Waals surface area contributed by atoms with Crippen molar-refractivity contribution in [3.05, 3.63) is 52.5 Å². The SMILES string of the molecule is O=C(NCC1CC1)[C@@H]1Cc2cc([N+](=O)[O-])ccc2N2CCN(c3cnccn3)C[C@H]12. The van der Waals surface area contributed by atoms with E-state index in [2.05, 4.69) is 25.1 Å². The highest BCUT2D eigenvalue weighted by Gasteiger charge is 2.42. The van der Waals surface area contributed by atoms with E-state index in [-0.39, 0.29) is 28.5 Å². The molecule has 1 amide bonds. The summed E-state index contributed by atoms with van der Waals surface area (Å²) in [6.45, 7) is 2.86. The lowest BCUT2D eigenvalue weighted by Gasteiger charge is -2.49. The standard InChI is InChI=1S/C21H24N6O3/c28-21(24-11-14-1-2-14)17-10-15-9-16(27(29)30)3-4-18(15)26-8-7-25(13-19(17)26)20-12-22-5-6-23-20/h3-6,9,12,14,17,19H,1-2,7-8,10-11,13H2,(H,24,28)/t17-,19-/m1/s1. The average molecular weight is 408 g/mol. The number of benzene rings is 1. The molecule has 1 saturated carbocycles. The lowest BCUT2D eigenvalue weighted by atomic mass is 9.83. The number of hydrogen-bond donors (Lipinski definition) is 1. The van der Waals surface area contributed by atoms with Crippen LogP contribution in [0.15, 0.2) is 36.8 Å². The van der Waals surface area contributed by atoms with Crippen LogP contribution in [0.3, 0.4) is 0 Å². The zero-order valence-corrected chi connectivity index (χ0v) is 16.6. The molecule has 2 aromatic rings. The highest BCUT2D eigenvalue weighted by molar-refractivity contribution is 5.82. The van der Waals surface area contributed by atoms with Gasteiger partial charge < -0.3 is 15.1 Å². The molecule has 9 heteroatoms. The predicted octanol–water partition coefficient (Wildman–Crippen LogP) is 1.78. The minimum Gasteiger partial charge on any atom is -0.364 e. The van der Waals surface area contributed by atoms with Gasteiger partial charge in [0.05, 0.1) is 23.1 Å². The van der Waals surface area contributed by atoms with Crippen LogP contribution in [0.4, 0.5) is 17.2 Å². The van der Waals surface area contributed by atoms with Gasteiger partial charge in [0.2, 0.25) is 5.91 Å². The fraction of sp³-hybridized carbons (Fsp3) is 0.476. The molecule has 1 N–H and O–H groups in total. The molecule has 9 nitrogen and oxygen atoms in total. The van der Waals surface area contributed by atoms with Crippen LogP contribution >= 0.6 is 0 Å². The highest BCUT2D eigenvalue weighted by atomic mass is 16.6. The maximum absolute atomic E-state index is 13.1. The number of nitro benzene ring substituents is 1. The van der Waals surface area contributed by atoms with Gasteiger partial charge in [0.25, 0.3) is 5.69 Å². The molecule has 1 aromatic heterocycles. The Labute approximate surface area is 174 Å². The van der Waals surface area contributed by atoms with E-state index >= 15 is 0 Å². The van der Waals surface area contributed by atoms with Crippen molar-refractivity contribution in [2.24, 2.45) is 11.8 Å². The average Bonchev–Trinajstić information content (AvgIpc) is 3.61. The Balaban J connectivity index is 1.45. The predicted molar refractivity (Wildman–Crippen MR) is 111 cm³/mol. The minimum absolute atomic E-state index is 0.0195. The summed E-state index contributed by atoms with van der Waals surface area (Å²) in [6.07, 6.45) is 7.93. The van der Waals surface area contributed by atoms with Crippen molar-refractivity contribution in [3.63, 3.8) is 0 Å². The Bertz CT molecular complexity index is 964. The summed E-state index contributed by atoms with van der Waals surface area (Å²) in [7, 11) is 0. The number of hydrogen-bond acceptors (Lipinski definition) is 7. The van der Waals surface area contributed by atoms with Gasteiger partial charge >= 0.3 is 0 Å². The van der Waals surface area contributed by atoms with Crippen LogP contribution in [-0.2, 0) is 11.2 Å². The molecule has 0 radical (unpaired) electrons. The second-order valence-electron chi connectivity index (χ2n) is 8.34. The fourth-order valence-corrected chi connectivity index (χ4v) is 4.58. The molecule has 30 heavy (non-hydrogen) atoms. The number of rotatable bonds is 5. The zero-order valence-electron chi connectivity index (χ0n) is 16.6. The van der Waals surface area contributed by atoms with Crippen LogP contribution in [0.25, 0.3) is 0 Å². The number of aromatic nitrogens is 2. The van der Waals surface area contributed by atoms with Crippen molar-refractivity contribution >= 4 is 23.1 Å². The molecular weight excluding hydrogens is 384 g/mol. The number of carbonyl (C=O) groups excluding carboxylic acids is 1. The van der Waals surface area contributed by atoms with E-state index < -0.39 is 0 Å². The second kappa shape index (κ2) is 7.55. The summed E-state index contributed by atoms with van der Waals surface area (Å²) < 4.78 is 0. The van der Waals surface area contributed by atoms with E-state index in [1.54, 1.807) is 30.7 Å². The van der Waals surface area contributed by atoms with Crippen molar-refractivity contribution in [1.29, 1.82) is 0 Å². The van der Waals surface area contributed by atoms with Crippen molar-refractivity contribution in [3.8, 4) is 0 Å². The molecule has 2 aliphatic heterocycles. The van der Waals surface area contributed by atoms with Gasteiger partial charge in [-0.1, -0.05) is 0 Å². The Morgan fingerprint density at radius 2 is 2.13 bits per heavy atom. The summed E-state index contributed by atoms with van der Waals surface area (Å²) in [5.74, 6) is 1.18. The van der Waals surface area contributed by atoms with Crippen molar-refractivity contribution in [2.75, 3.05) is 36.0 Å². The van der Waals surface area contributed by atoms with Crippen molar-refractivity contribution < 1.29 is 9.72 Å². The second-order valence-corrected chi connectivity index (χ2v) is 8.34. The summed E-state index contributed by atoms with van der Waals surface area (Å²) >= 11 is 0. The normalized spacial score (nSPS) is 22.8. The van der Waals surface area contributed by atoms with E-state index in [4.69, 9.17) is 0 Å². The van der Waals surface area contributed by atoms with Crippen LogP contribution in [0.5, 0.6) is 0 Å². The number of fused-ring (bicyclic) bond motifs is 3. The number of piperazine rings is 1. The number of anilines is 2. The minimum atomic E-state index is -0.374. The van der Waals surface area contributed by atoms with Gasteiger partial charge in [0, 0.05) is 56.4 Å².